The number of hydrogen-bond acceptors (Lipinski definition) is 2. The summed E-state index contributed by atoms with van der Waals surface area (Å²) in [6.07, 6.45) is 0. The molecule has 80 valence electrons. The summed E-state index contributed by atoms with van der Waals surface area (Å²) < 4.78 is 5.22. The van der Waals surface area contributed by atoms with Gasteiger partial charge in [0.05, 0.1) is 12.7 Å². The zero-order valence-electron chi connectivity index (χ0n) is 9.26. The standard InChI is InChI=1S/C12H15NO2/c1-12(2)7-13-11(14)10-8(12)5-4-6-9(10)15-3/h4-6H,7H2,1-3H3,(H,13,14). The van der Waals surface area contributed by atoms with Crippen LogP contribution in [0.5, 0.6) is 5.75 Å². The number of hydrogen-bond donors (Lipinski definition) is 1. The molecule has 0 spiro atoms. The fourth-order valence-electron chi connectivity index (χ4n) is 1.98. The van der Waals surface area contributed by atoms with Gasteiger partial charge in [-0.3, -0.25) is 4.79 Å². The molecule has 1 aromatic rings. The molecule has 1 aliphatic rings. The first-order valence-corrected chi connectivity index (χ1v) is 5.02. The van der Waals surface area contributed by atoms with E-state index in [1.807, 2.05) is 18.2 Å². The average molecular weight is 205 g/mol. The Morgan fingerprint density at radius 3 is 2.80 bits per heavy atom. The molecule has 0 unspecified atom stereocenters. The third-order valence-corrected chi connectivity index (χ3v) is 2.89. The summed E-state index contributed by atoms with van der Waals surface area (Å²) in [5.41, 5.74) is 1.71. The van der Waals surface area contributed by atoms with Crippen LogP contribution in [0.3, 0.4) is 0 Å². The zero-order chi connectivity index (χ0) is 11.1. The van der Waals surface area contributed by atoms with Gasteiger partial charge < -0.3 is 10.1 Å². The topological polar surface area (TPSA) is 38.3 Å². The first-order chi connectivity index (χ1) is 7.06. The van der Waals surface area contributed by atoms with Crippen LogP contribution in [0.15, 0.2) is 18.2 Å². The molecule has 0 aromatic heterocycles. The van der Waals surface area contributed by atoms with E-state index in [4.69, 9.17) is 4.74 Å². The normalized spacial score (nSPS) is 17.9. The molecule has 0 saturated carbocycles. The van der Waals surface area contributed by atoms with E-state index in [9.17, 15) is 4.79 Å². The van der Waals surface area contributed by atoms with Crippen LogP contribution in [0.25, 0.3) is 0 Å². The number of rotatable bonds is 1. The van der Waals surface area contributed by atoms with Crippen LogP contribution >= 0.6 is 0 Å². The number of carbonyl (C=O) groups excluding carboxylic acids is 1. The number of methoxy groups -OCH3 is 1. The second-order valence-electron chi connectivity index (χ2n) is 4.45. The number of amides is 1. The Bertz CT molecular complexity index is 410. The maximum absolute atomic E-state index is 11.8. The molecule has 0 fully saturated rings. The largest absolute Gasteiger partial charge is 0.496 e. The second kappa shape index (κ2) is 3.26. The lowest BCUT2D eigenvalue weighted by Gasteiger charge is -2.33. The Labute approximate surface area is 89.4 Å². The van der Waals surface area contributed by atoms with Gasteiger partial charge in [0.15, 0.2) is 0 Å². The Hall–Kier alpha value is -1.51. The second-order valence-corrected chi connectivity index (χ2v) is 4.45. The van der Waals surface area contributed by atoms with E-state index in [0.29, 0.717) is 17.9 Å². The van der Waals surface area contributed by atoms with E-state index in [2.05, 4.69) is 19.2 Å². The van der Waals surface area contributed by atoms with Gasteiger partial charge in [0.1, 0.15) is 5.75 Å². The molecule has 0 aliphatic carbocycles. The van der Waals surface area contributed by atoms with Gasteiger partial charge in [-0.05, 0) is 11.6 Å². The van der Waals surface area contributed by atoms with E-state index < -0.39 is 0 Å². The minimum atomic E-state index is -0.0400. The highest BCUT2D eigenvalue weighted by Crippen LogP contribution is 2.34. The molecule has 15 heavy (non-hydrogen) atoms. The number of ether oxygens (including phenoxy) is 1. The monoisotopic (exact) mass is 205 g/mol. The van der Waals surface area contributed by atoms with Crippen LogP contribution in [0, 0.1) is 0 Å². The molecule has 3 heteroatoms. The van der Waals surface area contributed by atoms with Crippen molar-refractivity contribution in [1.82, 2.24) is 5.32 Å². The fraction of sp³-hybridized carbons (Fsp3) is 0.417. The first-order valence-electron chi connectivity index (χ1n) is 5.02. The molecule has 0 saturated heterocycles. The lowest BCUT2D eigenvalue weighted by molar-refractivity contribution is 0.0926. The SMILES string of the molecule is COc1cccc2c1C(=O)NCC2(C)C. The average Bonchev–Trinajstić information content (AvgIpc) is 2.23. The Morgan fingerprint density at radius 1 is 1.40 bits per heavy atom. The zero-order valence-corrected chi connectivity index (χ0v) is 9.26. The molecule has 0 atom stereocenters. The molecule has 2 rings (SSSR count). The lowest BCUT2D eigenvalue weighted by atomic mass is 9.79. The van der Waals surface area contributed by atoms with E-state index in [0.717, 1.165) is 5.56 Å². The van der Waals surface area contributed by atoms with Gasteiger partial charge in [-0.2, -0.15) is 0 Å². The van der Waals surface area contributed by atoms with E-state index in [1.165, 1.54) is 0 Å². The summed E-state index contributed by atoms with van der Waals surface area (Å²) in [6, 6.07) is 5.74. The summed E-state index contributed by atoms with van der Waals surface area (Å²) >= 11 is 0. The van der Waals surface area contributed by atoms with Crippen LogP contribution in [-0.2, 0) is 5.41 Å². The molecule has 0 radical (unpaired) electrons. The number of carbonyl (C=O) groups is 1. The molecule has 1 heterocycles. The van der Waals surface area contributed by atoms with Gasteiger partial charge in [-0.1, -0.05) is 26.0 Å². The highest BCUT2D eigenvalue weighted by Gasteiger charge is 2.33. The number of benzene rings is 1. The molecule has 1 N–H and O–H groups in total. The number of nitrogens with one attached hydrogen (secondary N) is 1. The smallest absolute Gasteiger partial charge is 0.255 e. The Morgan fingerprint density at radius 2 is 2.13 bits per heavy atom. The van der Waals surface area contributed by atoms with Crippen LogP contribution < -0.4 is 10.1 Å². The maximum atomic E-state index is 11.8. The third-order valence-electron chi connectivity index (χ3n) is 2.89. The van der Waals surface area contributed by atoms with Gasteiger partial charge in [0.2, 0.25) is 0 Å². The highest BCUT2D eigenvalue weighted by molar-refractivity contribution is 6.00. The van der Waals surface area contributed by atoms with Crippen molar-refractivity contribution in [3.05, 3.63) is 29.3 Å². The van der Waals surface area contributed by atoms with Crippen molar-refractivity contribution in [3.8, 4) is 5.75 Å². The minimum Gasteiger partial charge on any atom is -0.496 e. The highest BCUT2D eigenvalue weighted by atomic mass is 16.5. The lowest BCUT2D eigenvalue weighted by Crippen LogP contribution is -2.43. The van der Waals surface area contributed by atoms with E-state index in [1.54, 1.807) is 7.11 Å². The third kappa shape index (κ3) is 1.48. The molecule has 0 bridgehead atoms. The predicted molar refractivity (Wildman–Crippen MR) is 58.4 cm³/mol. The van der Waals surface area contributed by atoms with Crippen LogP contribution in [0.2, 0.25) is 0 Å². The summed E-state index contributed by atoms with van der Waals surface area (Å²) in [4.78, 5) is 11.8. The maximum Gasteiger partial charge on any atom is 0.255 e. The van der Waals surface area contributed by atoms with Gasteiger partial charge in [0, 0.05) is 12.0 Å². The van der Waals surface area contributed by atoms with Gasteiger partial charge in [-0.15, -0.1) is 0 Å². The molecule has 1 aromatic carbocycles. The molecule has 1 amide bonds. The van der Waals surface area contributed by atoms with Crippen LogP contribution in [0.1, 0.15) is 29.8 Å². The first kappa shape index (κ1) is 10.0. The van der Waals surface area contributed by atoms with Gasteiger partial charge >= 0.3 is 0 Å². The van der Waals surface area contributed by atoms with E-state index in [-0.39, 0.29) is 11.3 Å². The Kier molecular flexibility index (Phi) is 2.18. The van der Waals surface area contributed by atoms with E-state index >= 15 is 0 Å². The van der Waals surface area contributed by atoms with Crippen molar-refractivity contribution in [3.63, 3.8) is 0 Å². The summed E-state index contributed by atoms with van der Waals surface area (Å²) in [5, 5.41) is 2.88. The molecular formula is C12H15NO2. The summed E-state index contributed by atoms with van der Waals surface area (Å²) in [6.45, 7) is 4.90. The van der Waals surface area contributed by atoms with Gasteiger partial charge in [0.25, 0.3) is 5.91 Å². The summed E-state index contributed by atoms with van der Waals surface area (Å²) in [7, 11) is 1.59. The van der Waals surface area contributed by atoms with Crippen molar-refractivity contribution in [1.29, 1.82) is 0 Å². The van der Waals surface area contributed by atoms with Gasteiger partial charge in [-0.25, -0.2) is 0 Å². The van der Waals surface area contributed by atoms with Crippen LogP contribution in [-0.4, -0.2) is 19.6 Å². The van der Waals surface area contributed by atoms with Crippen molar-refractivity contribution in [2.45, 2.75) is 19.3 Å². The predicted octanol–water partition coefficient (Wildman–Crippen LogP) is 1.72. The Balaban J connectivity index is 2.66. The quantitative estimate of drug-likeness (QED) is 0.758. The molecular weight excluding hydrogens is 190 g/mol. The number of fused-ring (bicyclic) bond motifs is 1. The van der Waals surface area contributed by atoms with Crippen molar-refractivity contribution in [2.24, 2.45) is 0 Å². The molecule has 3 nitrogen and oxygen atoms in total. The van der Waals surface area contributed by atoms with Crippen LogP contribution in [0.4, 0.5) is 0 Å². The fourth-order valence-corrected chi connectivity index (χ4v) is 1.98. The van der Waals surface area contributed by atoms with Crippen molar-refractivity contribution < 1.29 is 9.53 Å². The summed E-state index contributed by atoms with van der Waals surface area (Å²) in [5.74, 6) is 0.611. The van der Waals surface area contributed by atoms with Crippen molar-refractivity contribution in [2.75, 3.05) is 13.7 Å². The van der Waals surface area contributed by atoms with Crippen molar-refractivity contribution >= 4 is 5.91 Å². The minimum absolute atomic E-state index is 0.0300. The molecule has 1 aliphatic heterocycles.